The number of rotatable bonds is 20. The molecule has 1 heterocycles. The maximum atomic E-state index is 13.2. The summed E-state index contributed by atoms with van der Waals surface area (Å²) >= 11 is -0.0430. The number of aryl methyl sites for hydroxylation is 1. The Labute approximate surface area is 504 Å². The third kappa shape index (κ3) is 13.7. The summed E-state index contributed by atoms with van der Waals surface area (Å²) in [5.74, 6) is -5.58. The number of carbonyl (C=O) groups is 1. The Kier molecular flexibility index (Phi) is 18.1. The normalized spacial score (nSPS) is 13.5. The summed E-state index contributed by atoms with van der Waals surface area (Å²) in [6.07, 6.45) is 0. The van der Waals surface area contributed by atoms with Gasteiger partial charge in [0.05, 0.1) is 44.3 Å². The van der Waals surface area contributed by atoms with E-state index in [9.17, 15) is 113 Å². The van der Waals surface area contributed by atoms with Crippen LogP contribution in [-0.2, 0) is 70.1 Å². The van der Waals surface area contributed by atoms with Crippen LogP contribution in [0.3, 0.4) is 0 Å². The van der Waals surface area contributed by atoms with Crippen LogP contribution < -0.4 is 11.0 Å². The van der Waals surface area contributed by atoms with Gasteiger partial charge in [-0.1, -0.05) is 5.04 Å². The van der Waals surface area contributed by atoms with Gasteiger partial charge in [0.25, 0.3) is 60.7 Å². The van der Waals surface area contributed by atoms with Crippen LogP contribution in [0.4, 0.5) is 56.9 Å². The second-order valence-electron chi connectivity index (χ2n) is 17.6. The van der Waals surface area contributed by atoms with E-state index in [2.05, 4.69) is 55.4 Å². The van der Waals surface area contributed by atoms with Gasteiger partial charge in [-0.15, -0.1) is 40.1 Å². The molecule has 1 atom stereocenters. The number of benzene rings is 7. The van der Waals surface area contributed by atoms with Crippen molar-refractivity contribution < 1.29 is 128 Å². The average molecular weight is 1390 g/mol. The summed E-state index contributed by atoms with van der Waals surface area (Å²) in [7, 11) is -32.3. The monoisotopic (exact) mass is 1390 g/mol. The van der Waals surface area contributed by atoms with Crippen molar-refractivity contribution in [1.29, 1.82) is 0 Å². The molecule has 0 amide bonds. The smallest absolute Gasteiger partial charge is 0.358 e. The quantitative estimate of drug-likeness (QED) is 0.00925. The van der Waals surface area contributed by atoms with Crippen molar-refractivity contribution in [3.05, 3.63) is 101 Å². The zero-order valence-corrected chi connectivity index (χ0v) is 49.1. The molecule has 8 rings (SSSR count). The summed E-state index contributed by atoms with van der Waals surface area (Å²) in [6, 6.07) is 10.0. The molecule has 0 saturated heterocycles. The van der Waals surface area contributed by atoms with E-state index in [4.69, 9.17) is 11.0 Å². The number of nitrogens with zero attached hydrogens (tertiary/aromatic N) is 10. The molecular formula is C43H32N12O28S7. The summed E-state index contributed by atoms with van der Waals surface area (Å²) in [5, 5.41) is 105. The molecule has 474 valence electrons. The fourth-order valence-corrected chi connectivity index (χ4v) is 12.5. The van der Waals surface area contributed by atoms with Crippen molar-refractivity contribution in [3.63, 3.8) is 0 Å². The number of phenols is 2. The number of hydrogen-bond donors (Lipinski definition) is 14. The molecular weight excluding hydrogens is 1360 g/mol. The molecule has 7 aromatic carbocycles. The van der Waals surface area contributed by atoms with Crippen molar-refractivity contribution in [1.82, 2.24) is 9.78 Å². The minimum absolute atomic E-state index is 0.0430. The molecule has 0 fully saturated rings. The van der Waals surface area contributed by atoms with Crippen molar-refractivity contribution in [2.75, 3.05) is 5.73 Å². The van der Waals surface area contributed by atoms with Gasteiger partial charge in [0, 0.05) is 28.3 Å². The summed E-state index contributed by atoms with van der Waals surface area (Å²) in [6.45, 7) is 1.12. The van der Waals surface area contributed by atoms with E-state index >= 15 is 0 Å². The highest BCUT2D eigenvalue weighted by atomic mass is 32.2. The summed E-state index contributed by atoms with van der Waals surface area (Å²) < 4.78 is 216. The lowest BCUT2D eigenvalue weighted by Gasteiger charge is -2.15. The number of carboxylic acids is 1. The van der Waals surface area contributed by atoms with Crippen LogP contribution >= 0.6 is 12.0 Å². The van der Waals surface area contributed by atoms with E-state index in [0.717, 1.165) is 55.5 Å². The van der Waals surface area contributed by atoms with Gasteiger partial charge in [0.1, 0.15) is 58.6 Å². The molecule has 1 aromatic heterocycles. The fraction of sp³-hybridized carbons (Fsp3) is 0.0233. The Bertz CT molecular complexity index is 5240. The highest BCUT2D eigenvalue weighted by molar-refractivity contribution is 7.94. The number of phenolic OH excluding ortho intramolecular Hbond substituents is 2. The first kappa shape index (κ1) is 66.9. The molecule has 0 aliphatic heterocycles. The van der Waals surface area contributed by atoms with Gasteiger partial charge >= 0.3 is 5.97 Å². The number of azo groups is 4. The highest BCUT2D eigenvalue weighted by Gasteiger charge is 2.31. The number of fused-ring (bicyclic) bond motifs is 2. The Balaban J connectivity index is 1.25. The zero-order valence-electron chi connectivity index (χ0n) is 43.4. The summed E-state index contributed by atoms with van der Waals surface area (Å²) in [5.41, 5.74) is -3.97. The third-order valence-corrected chi connectivity index (χ3v) is 17.9. The molecule has 40 nitrogen and oxygen atoms in total. The Morgan fingerprint density at radius 1 is 0.567 bits per heavy atom. The first-order valence-corrected chi connectivity index (χ1v) is 32.3. The van der Waals surface area contributed by atoms with E-state index < -0.39 is 208 Å². The largest absolute Gasteiger partial charge is 0.595 e. The number of anilines is 1. The molecule has 0 spiro atoms. The van der Waals surface area contributed by atoms with Crippen molar-refractivity contribution in [2.24, 2.45) is 40.9 Å². The molecule has 0 bridgehead atoms. The first-order valence-electron chi connectivity index (χ1n) is 22.9. The maximum Gasteiger partial charge on any atom is 0.358 e. The number of aromatic carboxylic acids is 1. The second-order valence-corrected chi connectivity index (χ2v) is 26.7. The molecule has 90 heavy (non-hydrogen) atoms. The molecule has 0 aliphatic carbocycles. The van der Waals surface area contributed by atoms with Crippen LogP contribution in [0.25, 0.3) is 27.2 Å². The molecule has 47 heteroatoms. The van der Waals surface area contributed by atoms with Gasteiger partial charge < -0.3 is 31.4 Å². The lowest BCUT2D eigenvalue weighted by Crippen LogP contribution is -2.99. The van der Waals surface area contributed by atoms with E-state index in [1.807, 2.05) is 0 Å². The lowest BCUT2D eigenvalue weighted by molar-refractivity contribution is -0.991. The fourth-order valence-electron chi connectivity index (χ4n) is 8.03. The Morgan fingerprint density at radius 3 is 1.68 bits per heavy atom. The van der Waals surface area contributed by atoms with Crippen LogP contribution in [0.1, 0.15) is 16.1 Å². The molecule has 1 unspecified atom stereocenters. The molecule has 0 aliphatic rings. The number of aromatic nitrogens is 2. The van der Waals surface area contributed by atoms with Gasteiger partial charge in [0.15, 0.2) is 22.9 Å². The van der Waals surface area contributed by atoms with E-state index in [-0.39, 0.29) is 23.3 Å². The highest BCUT2D eigenvalue weighted by Crippen LogP contribution is 2.51. The molecule has 0 radical (unpaired) electrons. The standard InChI is InChI=1S/C43H32N12O28S7/c1-16-10-30(87(70,71)72)26(48-52-37-38(43(59)60)53-54(42(37)58)17-2-5-19(6-3-17)85(64,65)66)14-25(16)47-51-36-32(89(76,77)78)13-21-20(39(36)56)7-9-24(41(21)90(79,80)81)46-49-27-15-29(86(67,68)69)22-12-28(84-83-82-63)35(40(57)33(22)34(27)44)50-45-23-8-4-18(55(61)62)11-31(23)88(73,74)75/h2-15,55-58,61,63H,44H2,1H3,(H,59,60)(H,64,65,66)(H,67,68,69)(H,70,71,72)(H,73,74,75)(H,76,77,78)(H,79,80,81). The lowest BCUT2D eigenvalue weighted by atomic mass is 10.0. The maximum absolute atomic E-state index is 13.2. The van der Waals surface area contributed by atoms with Crippen molar-refractivity contribution in [3.8, 4) is 23.1 Å². The van der Waals surface area contributed by atoms with E-state index in [0.29, 0.717) is 41.1 Å². The van der Waals surface area contributed by atoms with E-state index in [1.165, 1.54) is 0 Å². The van der Waals surface area contributed by atoms with Crippen molar-refractivity contribution in [2.45, 2.75) is 41.2 Å². The minimum Gasteiger partial charge on any atom is -0.595 e. The number of nitrogens with one attached hydrogen (secondary N) is 1. The van der Waals surface area contributed by atoms with E-state index in [1.54, 1.807) is 0 Å². The minimum atomic E-state index is -5.76. The number of carboxylic acid groups (broad SMARTS) is 1. The number of nitrogens with two attached hydrogens (primary N) is 1. The zero-order chi connectivity index (χ0) is 66.7. The van der Waals surface area contributed by atoms with Crippen molar-refractivity contribution >= 4 is 157 Å². The van der Waals surface area contributed by atoms with Gasteiger partial charge in [-0.2, -0.15) is 70.6 Å². The Hall–Kier alpha value is -9.09. The predicted molar refractivity (Wildman–Crippen MR) is 297 cm³/mol. The summed E-state index contributed by atoms with van der Waals surface area (Å²) in [4.78, 5) is 4.64. The molecule has 15 N–H and O–H groups in total. The van der Waals surface area contributed by atoms with Gasteiger partial charge in [0.2, 0.25) is 11.6 Å². The topological polar surface area (TPSA) is 653 Å². The van der Waals surface area contributed by atoms with Crippen LogP contribution in [0.5, 0.6) is 17.4 Å². The van der Waals surface area contributed by atoms with Crippen LogP contribution in [0.2, 0.25) is 0 Å². The number of quaternary nitrogens is 1. The Morgan fingerprint density at radius 2 is 1.11 bits per heavy atom. The van der Waals surface area contributed by atoms with Gasteiger partial charge in [-0.05, 0) is 85.3 Å². The number of nitrogen functional groups attached to an aromatic ring is 1. The van der Waals surface area contributed by atoms with Crippen LogP contribution in [0.15, 0.2) is 160 Å². The van der Waals surface area contributed by atoms with Crippen LogP contribution in [-0.4, -0.2) is 124 Å². The average Bonchev–Trinajstić information content (AvgIpc) is 0.943. The van der Waals surface area contributed by atoms with Gasteiger partial charge in [-0.3, -0.25) is 27.3 Å². The van der Waals surface area contributed by atoms with Gasteiger partial charge in [-0.25, -0.2) is 15.3 Å². The third-order valence-electron chi connectivity index (χ3n) is 11.9. The molecule has 8 aromatic rings. The number of aromatic hydroxyl groups is 3. The van der Waals surface area contributed by atoms with Crippen LogP contribution in [0, 0.1) is 12.1 Å². The number of hydrogen-bond acceptors (Lipinski definition) is 32. The first-order chi connectivity index (χ1) is 41.6. The SMILES string of the molecule is Cc1cc(S(=O)(=O)O)c(N=Nc2c(C(=O)O)nn(-c3ccc(S(=O)(=O)O)cc3)c2O)cc1N=Nc1c(S(=O)(=O)O)cc2c(S(=O)(=O)O)c(N=Nc3cc(S(=O)(=O)O)c4cc(SOOO)c(N=Nc5ccc([NH+]([O-])O)cc5S(=O)(=O)O)c(O)c4c3N)ccc2c1O. The molecule has 0 saturated carbocycles. The predicted octanol–water partition coefficient (Wildman–Crippen LogP) is 6.86. The second kappa shape index (κ2) is 24.4.